The Morgan fingerprint density at radius 2 is 1.00 bits per heavy atom. The molecule has 0 amide bonds. The van der Waals surface area contributed by atoms with Crippen molar-refractivity contribution in [1.82, 2.24) is 0 Å². The average Bonchev–Trinajstić information content (AvgIpc) is 0. The van der Waals surface area contributed by atoms with Crippen molar-refractivity contribution in [2.24, 2.45) is 0 Å². The summed E-state index contributed by atoms with van der Waals surface area (Å²) in [4.78, 5) is 0. The summed E-state index contributed by atoms with van der Waals surface area (Å²) in [5.41, 5.74) is 0. The maximum atomic E-state index is 0. The van der Waals surface area contributed by atoms with E-state index in [9.17, 15) is 0 Å². The zero-order valence-corrected chi connectivity index (χ0v) is 8.89. The van der Waals surface area contributed by atoms with Gasteiger partial charge < -0.3 is 0 Å². The minimum absolute atomic E-state index is 0. The molecule has 0 aliphatic rings. The van der Waals surface area contributed by atoms with E-state index >= 15 is 0 Å². The first kappa shape index (κ1) is 25.4. The minimum Gasteiger partial charge on any atom is 0 e. The number of hydrogen-bond acceptors (Lipinski definition) is 0. The maximum Gasteiger partial charge on any atom is 0 e. The Balaban J connectivity index is 0. The van der Waals surface area contributed by atoms with E-state index in [-0.39, 0.29) is 113 Å². The van der Waals surface area contributed by atoms with Gasteiger partial charge in [0.15, 0.2) is 0 Å². The normalized spacial score (nSPS) is 0. The van der Waals surface area contributed by atoms with Crippen LogP contribution in [0.3, 0.4) is 0 Å². The van der Waals surface area contributed by atoms with Crippen molar-refractivity contribution in [3.8, 4) is 0 Å². The molecule has 0 rings (SSSR count). The molecule has 0 aromatic carbocycles. The molecule has 0 spiro atoms. The van der Waals surface area contributed by atoms with Gasteiger partial charge in [0.05, 0.1) is 0 Å². The van der Waals surface area contributed by atoms with Gasteiger partial charge in [0.2, 0.25) is 0 Å². The smallest absolute Gasteiger partial charge is 0 e. The van der Waals surface area contributed by atoms with Gasteiger partial charge in [0, 0.05) is 113 Å². The fraction of sp³-hybridized carbons (Fsp3) is 0. The second kappa shape index (κ2) is 15.9. The van der Waals surface area contributed by atoms with Crippen LogP contribution in [0.2, 0.25) is 0 Å². The molecule has 1 radical (unpaired) electrons. The molecular formula is CoDyFeNd. The van der Waals surface area contributed by atoms with Gasteiger partial charge in [-0.3, -0.25) is 0 Å². The van der Waals surface area contributed by atoms with Gasteiger partial charge >= 0.3 is 0 Å². The first-order valence-electron chi connectivity index (χ1n) is 0. The van der Waals surface area contributed by atoms with Crippen LogP contribution >= 0.6 is 0 Å². The fourth-order valence-corrected chi connectivity index (χ4v) is 0. The molecule has 0 aromatic rings. The van der Waals surface area contributed by atoms with Crippen LogP contribution in [0.5, 0.6) is 0 Å². The van der Waals surface area contributed by atoms with Gasteiger partial charge in [0.1, 0.15) is 0 Å². The van der Waals surface area contributed by atoms with E-state index in [4.69, 9.17) is 0 Å². The second-order valence-electron chi connectivity index (χ2n) is 0. The zero-order chi connectivity index (χ0) is 0. The molecule has 4 heteroatoms. The third-order valence-electron chi connectivity index (χ3n) is 0. The quantitative estimate of drug-likeness (QED) is 0.483. The predicted molar refractivity (Wildman–Crippen MR) is 0 cm³/mol. The van der Waals surface area contributed by atoms with Crippen LogP contribution in [-0.2, 0) is 33.8 Å². The molecule has 0 aromatic heterocycles. The van der Waals surface area contributed by atoms with Crippen LogP contribution in [-0.4, -0.2) is 0 Å². The van der Waals surface area contributed by atoms with Crippen LogP contribution in [0.15, 0.2) is 0 Å². The first-order valence-corrected chi connectivity index (χ1v) is 0. The number of rotatable bonds is 0. The van der Waals surface area contributed by atoms with Crippen LogP contribution in [0, 0.1) is 79.0 Å². The summed E-state index contributed by atoms with van der Waals surface area (Å²) >= 11 is 0. The summed E-state index contributed by atoms with van der Waals surface area (Å²) in [6.45, 7) is 0. The summed E-state index contributed by atoms with van der Waals surface area (Å²) in [7, 11) is 0. The van der Waals surface area contributed by atoms with E-state index in [2.05, 4.69) is 0 Å². The molecule has 0 saturated heterocycles. The van der Waals surface area contributed by atoms with Gasteiger partial charge in [-0.05, 0) is 0 Å². The average molecular weight is 422 g/mol. The predicted octanol–water partition coefficient (Wildman–Crippen LogP) is -0.00500. The third kappa shape index (κ3) is 9.17. The van der Waals surface area contributed by atoms with Gasteiger partial charge in [-0.2, -0.15) is 0 Å². The first-order chi connectivity index (χ1) is 0. The zero-order valence-electron chi connectivity index (χ0n) is 1.50. The van der Waals surface area contributed by atoms with Gasteiger partial charge in [0.25, 0.3) is 0 Å². The molecule has 0 aliphatic carbocycles. The number of hydrogen-bond donors (Lipinski definition) is 0. The third-order valence-corrected chi connectivity index (χ3v) is 0. The molecule has 4 heavy (non-hydrogen) atoms. The standard InChI is InChI=1S/Co.Dy.Fe.Nd. The molecule has 0 heterocycles. The fourth-order valence-electron chi connectivity index (χ4n) is 0. The van der Waals surface area contributed by atoms with Crippen LogP contribution < -0.4 is 0 Å². The molecular weight excluding hydrogens is 422 g/mol. The molecule has 0 fully saturated rings. The Hall–Kier alpha value is 3.65. The molecule has 0 saturated carbocycles. The maximum absolute atomic E-state index is 0. The van der Waals surface area contributed by atoms with Crippen molar-refractivity contribution in [2.45, 2.75) is 0 Å². The Labute approximate surface area is 110 Å². The van der Waals surface area contributed by atoms with Crippen molar-refractivity contribution in [3.63, 3.8) is 0 Å². The van der Waals surface area contributed by atoms with Crippen molar-refractivity contribution >= 4 is 0 Å². The van der Waals surface area contributed by atoms with Gasteiger partial charge in [-0.1, -0.05) is 0 Å². The summed E-state index contributed by atoms with van der Waals surface area (Å²) in [6, 6.07) is 0. The summed E-state index contributed by atoms with van der Waals surface area (Å²) in [6.07, 6.45) is 0. The van der Waals surface area contributed by atoms with E-state index in [1.807, 2.05) is 0 Å². The van der Waals surface area contributed by atoms with E-state index in [0.29, 0.717) is 0 Å². The van der Waals surface area contributed by atoms with E-state index in [1.165, 1.54) is 0 Å². The van der Waals surface area contributed by atoms with Crippen molar-refractivity contribution in [1.29, 1.82) is 0 Å². The van der Waals surface area contributed by atoms with E-state index in [0.717, 1.165) is 0 Å². The Kier molecular flexibility index (Phi) is 101. The van der Waals surface area contributed by atoms with Gasteiger partial charge in [-0.25, -0.2) is 0 Å². The molecule has 0 atom stereocenters. The van der Waals surface area contributed by atoms with Crippen molar-refractivity contribution in [3.05, 3.63) is 0 Å². The monoisotopic (exact) mass is 421 g/mol. The topological polar surface area (TPSA) is 0 Å². The summed E-state index contributed by atoms with van der Waals surface area (Å²) in [5.74, 6) is 0. The Morgan fingerprint density at radius 1 is 1.00 bits per heavy atom. The Bertz CT molecular complexity index is 8.00. The minimum atomic E-state index is 0. The van der Waals surface area contributed by atoms with Crippen LogP contribution in [0.4, 0.5) is 0 Å². The van der Waals surface area contributed by atoms with Crippen molar-refractivity contribution in [2.75, 3.05) is 0 Å². The molecule has 0 aliphatic heterocycles. The van der Waals surface area contributed by atoms with Crippen LogP contribution in [0.25, 0.3) is 0 Å². The van der Waals surface area contributed by atoms with E-state index < -0.39 is 0 Å². The summed E-state index contributed by atoms with van der Waals surface area (Å²) in [5, 5.41) is 0. The summed E-state index contributed by atoms with van der Waals surface area (Å²) < 4.78 is 0. The van der Waals surface area contributed by atoms with Crippen LogP contribution in [0.1, 0.15) is 0 Å². The molecule has 0 bridgehead atoms. The van der Waals surface area contributed by atoms with Crippen molar-refractivity contribution < 1.29 is 113 Å². The Morgan fingerprint density at radius 3 is 1.00 bits per heavy atom. The molecule has 31 valence electrons. The van der Waals surface area contributed by atoms with Gasteiger partial charge in [-0.15, -0.1) is 0 Å². The molecule has 0 nitrogen and oxygen atoms in total. The molecule has 0 unspecified atom stereocenters. The SMILES string of the molecule is [Co].[Dy].[Fe].[Nd]. The molecule has 0 N–H and O–H groups in total. The largest absolute Gasteiger partial charge is 0 e. The second-order valence-corrected chi connectivity index (χ2v) is 0. The van der Waals surface area contributed by atoms with E-state index in [1.54, 1.807) is 0 Å².